The van der Waals surface area contributed by atoms with Crippen LogP contribution in [0, 0.1) is 35.7 Å². The van der Waals surface area contributed by atoms with Gasteiger partial charge in [-0.3, -0.25) is 4.79 Å². The Morgan fingerprint density at radius 2 is 1.81 bits per heavy atom. The molecule has 0 aromatic heterocycles. The highest BCUT2D eigenvalue weighted by atomic mass is 19.2. The Hall–Kier alpha value is -3.79. The van der Waals surface area contributed by atoms with Gasteiger partial charge >= 0.3 is 0 Å². The lowest BCUT2D eigenvalue weighted by molar-refractivity contribution is 0.0845. The number of rotatable bonds is 4. The average molecular weight is 423 g/mol. The number of benzene rings is 3. The Bertz CT molecular complexity index is 1220. The molecule has 1 atom stereocenters. The summed E-state index contributed by atoms with van der Waals surface area (Å²) in [5.41, 5.74) is 1.91. The van der Waals surface area contributed by atoms with Crippen LogP contribution in [0.15, 0.2) is 48.5 Å². The van der Waals surface area contributed by atoms with Gasteiger partial charge in [-0.15, -0.1) is 0 Å². The predicted octanol–water partition coefficient (Wildman–Crippen LogP) is 5.57. The summed E-state index contributed by atoms with van der Waals surface area (Å²) in [6, 6.07) is 13.0. The van der Waals surface area contributed by atoms with Crippen LogP contribution >= 0.6 is 0 Å². The topological polar surface area (TPSA) is 59.3 Å². The number of ether oxygens (including phenoxy) is 2. The van der Waals surface area contributed by atoms with Crippen molar-refractivity contribution in [1.82, 2.24) is 0 Å². The van der Waals surface area contributed by atoms with Crippen molar-refractivity contribution in [1.29, 1.82) is 5.26 Å². The number of ketones is 1. The molecule has 1 aliphatic heterocycles. The van der Waals surface area contributed by atoms with Gasteiger partial charge in [0.15, 0.2) is 29.0 Å². The lowest BCUT2D eigenvalue weighted by atomic mass is 9.94. The zero-order valence-corrected chi connectivity index (χ0v) is 16.4. The zero-order valence-electron chi connectivity index (χ0n) is 16.4. The molecular formula is C24H16F3NO3. The average Bonchev–Trinajstić information content (AvgIpc) is 2.76. The van der Waals surface area contributed by atoms with Gasteiger partial charge in [0, 0.05) is 5.56 Å². The highest BCUT2D eigenvalue weighted by Gasteiger charge is 2.32. The van der Waals surface area contributed by atoms with Gasteiger partial charge in [-0.2, -0.15) is 5.26 Å². The van der Waals surface area contributed by atoms with Crippen molar-refractivity contribution in [3.8, 4) is 17.6 Å². The molecule has 3 aromatic rings. The molecule has 0 saturated heterocycles. The molecule has 0 aliphatic carbocycles. The molecule has 0 amide bonds. The molecule has 7 heteroatoms. The number of hydrogen-bond acceptors (Lipinski definition) is 4. The van der Waals surface area contributed by atoms with E-state index in [0.29, 0.717) is 16.7 Å². The normalized spacial score (nSPS) is 15.1. The quantitative estimate of drug-likeness (QED) is 0.551. The first-order valence-corrected chi connectivity index (χ1v) is 9.47. The molecule has 4 nitrogen and oxygen atoms in total. The monoisotopic (exact) mass is 423 g/mol. The van der Waals surface area contributed by atoms with Gasteiger partial charge in [0.25, 0.3) is 0 Å². The first-order chi connectivity index (χ1) is 14.9. The minimum Gasteiger partial charge on any atom is -0.485 e. The number of hydrogen-bond donors (Lipinski definition) is 0. The van der Waals surface area contributed by atoms with E-state index in [1.165, 1.54) is 6.07 Å². The zero-order chi connectivity index (χ0) is 22.1. The number of carbonyl (C=O) groups excluding carboxylic acids is 1. The molecule has 1 aliphatic rings. The van der Waals surface area contributed by atoms with Crippen LogP contribution in [0.3, 0.4) is 0 Å². The highest BCUT2D eigenvalue weighted by molar-refractivity contribution is 6.00. The molecule has 0 radical (unpaired) electrons. The smallest absolute Gasteiger partial charge is 0.170 e. The van der Waals surface area contributed by atoms with Gasteiger partial charge in [0.1, 0.15) is 18.5 Å². The maximum atomic E-state index is 14.7. The van der Waals surface area contributed by atoms with Crippen LogP contribution in [0.2, 0.25) is 0 Å². The maximum absolute atomic E-state index is 14.7. The van der Waals surface area contributed by atoms with Crippen LogP contribution in [0.4, 0.5) is 13.2 Å². The van der Waals surface area contributed by atoms with Gasteiger partial charge in [-0.25, -0.2) is 13.2 Å². The third-order valence-corrected chi connectivity index (χ3v) is 5.13. The second-order valence-electron chi connectivity index (χ2n) is 7.19. The fourth-order valence-electron chi connectivity index (χ4n) is 3.47. The summed E-state index contributed by atoms with van der Waals surface area (Å²) in [6.07, 6.45) is -0.951. The van der Waals surface area contributed by atoms with E-state index in [2.05, 4.69) is 0 Å². The molecule has 0 bridgehead atoms. The molecule has 3 aromatic carbocycles. The molecule has 156 valence electrons. The van der Waals surface area contributed by atoms with Gasteiger partial charge in [-0.1, -0.05) is 18.2 Å². The third kappa shape index (κ3) is 3.97. The SMILES string of the molecule is Cc1c(OCc2ccc(C#N)cc2)c(F)cc2c1OC(c1ccc(F)c(F)c1)CC2=O. The molecule has 0 saturated carbocycles. The van der Waals surface area contributed by atoms with Crippen LogP contribution in [0.25, 0.3) is 0 Å². The summed E-state index contributed by atoms with van der Waals surface area (Å²) in [5, 5.41) is 8.86. The summed E-state index contributed by atoms with van der Waals surface area (Å²) in [5.74, 6) is -3.02. The van der Waals surface area contributed by atoms with Crippen molar-refractivity contribution in [2.24, 2.45) is 0 Å². The molecule has 1 unspecified atom stereocenters. The van der Waals surface area contributed by atoms with Crippen molar-refractivity contribution in [2.45, 2.75) is 26.1 Å². The summed E-state index contributed by atoms with van der Waals surface area (Å²) in [4.78, 5) is 12.6. The Kier molecular flexibility index (Phi) is 5.38. The molecule has 0 fully saturated rings. The van der Waals surface area contributed by atoms with E-state index in [-0.39, 0.29) is 35.9 Å². The highest BCUT2D eigenvalue weighted by Crippen LogP contribution is 2.42. The minimum absolute atomic E-state index is 0.0444. The second-order valence-corrected chi connectivity index (χ2v) is 7.19. The van der Waals surface area contributed by atoms with Crippen LogP contribution in [-0.4, -0.2) is 5.78 Å². The second kappa shape index (κ2) is 8.15. The Balaban J connectivity index is 1.62. The first-order valence-electron chi connectivity index (χ1n) is 9.47. The van der Waals surface area contributed by atoms with Crippen LogP contribution in [-0.2, 0) is 6.61 Å². The third-order valence-electron chi connectivity index (χ3n) is 5.13. The summed E-state index contributed by atoms with van der Waals surface area (Å²) < 4.78 is 53.1. The fourth-order valence-corrected chi connectivity index (χ4v) is 3.47. The van der Waals surface area contributed by atoms with Crippen molar-refractivity contribution < 1.29 is 27.4 Å². The van der Waals surface area contributed by atoms with E-state index >= 15 is 0 Å². The molecule has 1 heterocycles. The summed E-state index contributed by atoms with van der Waals surface area (Å²) in [6.45, 7) is 1.61. The van der Waals surface area contributed by atoms with Crippen molar-refractivity contribution >= 4 is 5.78 Å². The predicted molar refractivity (Wildman–Crippen MR) is 105 cm³/mol. The molecule has 0 spiro atoms. The number of halogens is 3. The maximum Gasteiger partial charge on any atom is 0.170 e. The van der Waals surface area contributed by atoms with Crippen molar-refractivity contribution in [3.63, 3.8) is 0 Å². The van der Waals surface area contributed by atoms with Gasteiger partial charge in [0.05, 0.1) is 23.6 Å². The van der Waals surface area contributed by atoms with E-state index < -0.39 is 23.6 Å². The number of Topliss-reactive ketones (excluding diaryl/α,β-unsaturated/α-hetero) is 1. The Morgan fingerprint density at radius 1 is 1.06 bits per heavy atom. The molecule has 31 heavy (non-hydrogen) atoms. The lowest BCUT2D eigenvalue weighted by Gasteiger charge is -2.28. The number of nitriles is 1. The lowest BCUT2D eigenvalue weighted by Crippen LogP contribution is -2.22. The number of fused-ring (bicyclic) bond motifs is 1. The Labute approximate surface area is 176 Å². The fraction of sp³-hybridized carbons (Fsp3) is 0.167. The van der Waals surface area contributed by atoms with Gasteiger partial charge < -0.3 is 9.47 Å². The van der Waals surface area contributed by atoms with Crippen molar-refractivity contribution in [2.75, 3.05) is 0 Å². The van der Waals surface area contributed by atoms with E-state index in [0.717, 1.165) is 23.8 Å². The van der Waals surface area contributed by atoms with E-state index in [9.17, 15) is 18.0 Å². The standard InChI is InChI=1S/C24H16F3NO3/c1-13-23-17(21(29)10-22(31-23)16-6-7-18(25)19(26)8-16)9-20(27)24(13)30-12-15-4-2-14(11-28)3-5-15/h2-9,22H,10,12H2,1H3. The Morgan fingerprint density at radius 3 is 2.48 bits per heavy atom. The van der Waals surface area contributed by atoms with Crippen LogP contribution in [0.1, 0.15) is 45.1 Å². The molecule has 0 N–H and O–H groups in total. The number of nitrogens with zero attached hydrogens (tertiary/aromatic N) is 1. The van der Waals surface area contributed by atoms with Crippen LogP contribution in [0.5, 0.6) is 11.5 Å². The van der Waals surface area contributed by atoms with Gasteiger partial charge in [-0.05, 0) is 48.4 Å². The van der Waals surface area contributed by atoms with Gasteiger partial charge in [0.2, 0.25) is 0 Å². The summed E-state index contributed by atoms with van der Waals surface area (Å²) in [7, 11) is 0. The van der Waals surface area contributed by atoms with Crippen molar-refractivity contribution in [3.05, 3.63) is 93.8 Å². The summed E-state index contributed by atoms with van der Waals surface area (Å²) >= 11 is 0. The molecular weight excluding hydrogens is 407 g/mol. The van der Waals surface area contributed by atoms with Crippen LogP contribution < -0.4 is 9.47 Å². The number of carbonyl (C=O) groups is 1. The van der Waals surface area contributed by atoms with E-state index in [1.54, 1.807) is 31.2 Å². The first kappa shape index (κ1) is 20.5. The minimum atomic E-state index is -1.04. The molecule has 4 rings (SSSR count). The van der Waals surface area contributed by atoms with E-state index in [4.69, 9.17) is 14.7 Å². The van der Waals surface area contributed by atoms with E-state index in [1.807, 2.05) is 6.07 Å². The largest absolute Gasteiger partial charge is 0.485 e.